The van der Waals surface area contributed by atoms with E-state index in [4.69, 9.17) is 5.11 Å². The Morgan fingerprint density at radius 1 is 1.46 bits per heavy atom. The van der Waals surface area contributed by atoms with E-state index in [0.29, 0.717) is 16.6 Å². The minimum absolute atomic E-state index is 0.199. The van der Waals surface area contributed by atoms with Crippen LogP contribution in [0.3, 0.4) is 0 Å². The van der Waals surface area contributed by atoms with Gasteiger partial charge in [-0.05, 0) is 25.1 Å². The standard InChI is InChI=1S/C17H13N3O2S2/c1-9-7-23-8-13-4-10-2-11(3-12(5-18)15(10)20(9)13)16-19-6-14(24-16)17(21)22/h2-4,6,9H,7-8H2,1H3,(H,21,22)/t9-/m0/s1. The first kappa shape index (κ1) is 15.2. The number of nitrogens with zero attached hydrogens (tertiary/aromatic N) is 3. The van der Waals surface area contributed by atoms with Crippen LogP contribution in [0.2, 0.25) is 0 Å². The number of rotatable bonds is 2. The number of hydrogen-bond donors (Lipinski definition) is 1. The Morgan fingerprint density at radius 3 is 3.00 bits per heavy atom. The molecule has 0 unspecified atom stereocenters. The summed E-state index contributed by atoms with van der Waals surface area (Å²) < 4.78 is 2.26. The maximum atomic E-state index is 11.1. The number of benzene rings is 1. The average molecular weight is 355 g/mol. The van der Waals surface area contributed by atoms with Crippen molar-refractivity contribution in [3.63, 3.8) is 0 Å². The lowest BCUT2D eigenvalue weighted by Gasteiger charge is -2.23. The zero-order valence-electron chi connectivity index (χ0n) is 12.8. The van der Waals surface area contributed by atoms with E-state index in [0.717, 1.165) is 39.3 Å². The van der Waals surface area contributed by atoms with Crippen molar-refractivity contribution in [3.8, 4) is 16.6 Å². The van der Waals surface area contributed by atoms with Crippen LogP contribution in [0.5, 0.6) is 0 Å². The van der Waals surface area contributed by atoms with Gasteiger partial charge in [0.25, 0.3) is 0 Å². The Hall–Kier alpha value is -2.30. The van der Waals surface area contributed by atoms with Crippen LogP contribution in [0.4, 0.5) is 0 Å². The molecule has 3 heterocycles. The first-order chi connectivity index (χ1) is 11.6. The molecule has 0 aliphatic carbocycles. The maximum Gasteiger partial charge on any atom is 0.347 e. The first-order valence-corrected chi connectivity index (χ1v) is 9.41. The molecule has 1 aliphatic rings. The van der Waals surface area contributed by atoms with Crippen molar-refractivity contribution >= 4 is 40.0 Å². The third kappa shape index (κ3) is 2.30. The van der Waals surface area contributed by atoms with E-state index < -0.39 is 5.97 Å². The van der Waals surface area contributed by atoms with Gasteiger partial charge in [0.1, 0.15) is 16.0 Å². The highest BCUT2D eigenvalue weighted by Gasteiger charge is 2.22. The highest BCUT2D eigenvalue weighted by Crippen LogP contribution is 2.37. The topological polar surface area (TPSA) is 78.9 Å². The predicted molar refractivity (Wildman–Crippen MR) is 95.6 cm³/mol. The second-order valence-corrected chi connectivity index (χ2v) is 7.84. The molecule has 1 atom stereocenters. The van der Waals surface area contributed by atoms with Gasteiger partial charge in [0.05, 0.1) is 17.3 Å². The van der Waals surface area contributed by atoms with E-state index >= 15 is 0 Å². The van der Waals surface area contributed by atoms with Crippen LogP contribution in [0.15, 0.2) is 24.4 Å². The molecule has 24 heavy (non-hydrogen) atoms. The van der Waals surface area contributed by atoms with Crippen LogP contribution in [0.25, 0.3) is 21.5 Å². The van der Waals surface area contributed by atoms with E-state index in [-0.39, 0.29) is 4.88 Å². The number of carbonyl (C=O) groups is 1. The van der Waals surface area contributed by atoms with Crippen LogP contribution in [0.1, 0.15) is 33.9 Å². The summed E-state index contributed by atoms with van der Waals surface area (Å²) in [7, 11) is 0. The van der Waals surface area contributed by atoms with Gasteiger partial charge in [-0.15, -0.1) is 11.3 Å². The van der Waals surface area contributed by atoms with E-state index in [1.165, 1.54) is 11.9 Å². The van der Waals surface area contributed by atoms with Gasteiger partial charge in [0.15, 0.2) is 0 Å². The third-order valence-electron chi connectivity index (χ3n) is 4.15. The van der Waals surface area contributed by atoms with Gasteiger partial charge < -0.3 is 9.67 Å². The monoisotopic (exact) mass is 355 g/mol. The SMILES string of the molecule is C[C@H]1CSCc2cc3cc(-c4ncc(C(=O)O)s4)cc(C#N)c3n21. The molecule has 1 aromatic carbocycles. The van der Waals surface area contributed by atoms with Crippen molar-refractivity contribution in [1.29, 1.82) is 5.26 Å². The molecule has 0 saturated carbocycles. The van der Waals surface area contributed by atoms with Gasteiger partial charge in [-0.25, -0.2) is 9.78 Å². The predicted octanol–water partition coefficient (Wildman–Crippen LogP) is 4.14. The fourth-order valence-corrected chi connectivity index (χ4v) is 4.95. The van der Waals surface area contributed by atoms with Crippen LogP contribution in [0, 0.1) is 11.3 Å². The molecule has 7 heteroatoms. The number of aromatic carboxylic acids is 1. The largest absolute Gasteiger partial charge is 0.477 e. The molecule has 0 spiro atoms. The van der Waals surface area contributed by atoms with Crippen molar-refractivity contribution in [3.05, 3.63) is 40.5 Å². The number of thioether (sulfide) groups is 1. The summed E-state index contributed by atoms with van der Waals surface area (Å²) in [6.07, 6.45) is 1.36. The van der Waals surface area contributed by atoms with Gasteiger partial charge in [-0.1, -0.05) is 0 Å². The van der Waals surface area contributed by atoms with Crippen molar-refractivity contribution in [1.82, 2.24) is 9.55 Å². The molecule has 4 rings (SSSR count). The summed E-state index contributed by atoms with van der Waals surface area (Å²) in [6, 6.07) is 8.60. The lowest BCUT2D eigenvalue weighted by atomic mass is 10.1. The molecule has 5 nitrogen and oxygen atoms in total. The number of aromatic nitrogens is 2. The molecule has 0 saturated heterocycles. The Kier molecular flexibility index (Phi) is 3.59. The van der Waals surface area contributed by atoms with Crippen LogP contribution < -0.4 is 0 Å². The molecule has 2 aromatic heterocycles. The third-order valence-corrected chi connectivity index (χ3v) is 6.40. The summed E-state index contributed by atoms with van der Waals surface area (Å²) >= 11 is 3.03. The van der Waals surface area contributed by atoms with E-state index in [9.17, 15) is 10.1 Å². The van der Waals surface area contributed by atoms with Crippen LogP contribution >= 0.6 is 23.1 Å². The highest BCUT2D eigenvalue weighted by atomic mass is 32.2. The van der Waals surface area contributed by atoms with Crippen molar-refractivity contribution < 1.29 is 9.90 Å². The number of fused-ring (bicyclic) bond motifs is 3. The van der Waals surface area contributed by atoms with E-state index in [1.54, 1.807) is 0 Å². The van der Waals surface area contributed by atoms with Gasteiger partial charge in [0, 0.05) is 34.2 Å². The molecule has 120 valence electrons. The zero-order valence-corrected chi connectivity index (χ0v) is 14.4. The molecular formula is C17H13N3O2S2. The lowest BCUT2D eigenvalue weighted by molar-refractivity contribution is 0.0702. The van der Waals surface area contributed by atoms with Crippen LogP contribution in [-0.2, 0) is 5.75 Å². The summed E-state index contributed by atoms with van der Waals surface area (Å²) in [5.41, 5.74) is 3.60. The fourth-order valence-electron chi connectivity index (χ4n) is 3.17. The zero-order chi connectivity index (χ0) is 16.8. The maximum absolute atomic E-state index is 11.1. The van der Waals surface area contributed by atoms with Gasteiger partial charge >= 0.3 is 5.97 Å². The normalized spacial score (nSPS) is 16.8. The minimum atomic E-state index is -0.981. The van der Waals surface area contributed by atoms with Gasteiger partial charge in [-0.2, -0.15) is 17.0 Å². The summed E-state index contributed by atoms with van der Waals surface area (Å²) in [4.78, 5) is 15.5. The molecule has 3 aromatic rings. The summed E-state index contributed by atoms with van der Waals surface area (Å²) in [5, 5.41) is 20.3. The fraction of sp³-hybridized carbons (Fsp3) is 0.235. The quantitative estimate of drug-likeness (QED) is 0.747. The second-order valence-electron chi connectivity index (χ2n) is 5.78. The number of carboxylic acid groups (broad SMARTS) is 1. The van der Waals surface area contributed by atoms with E-state index in [2.05, 4.69) is 28.6 Å². The molecule has 1 N–H and O–H groups in total. The Morgan fingerprint density at radius 2 is 2.29 bits per heavy atom. The second kappa shape index (κ2) is 5.65. The Bertz CT molecular complexity index is 1010. The molecule has 0 radical (unpaired) electrons. The van der Waals surface area contributed by atoms with Crippen LogP contribution in [-0.4, -0.2) is 26.4 Å². The van der Waals surface area contributed by atoms with Crippen molar-refractivity contribution in [2.75, 3.05) is 5.75 Å². The Balaban J connectivity index is 1.93. The number of carboxylic acids is 1. The average Bonchev–Trinajstić information content (AvgIpc) is 3.19. The minimum Gasteiger partial charge on any atom is -0.477 e. The van der Waals surface area contributed by atoms with Crippen molar-refractivity contribution in [2.45, 2.75) is 18.7 Å². The van der Waals surface area contributed by atoms with Gasteiger partial charge in [0.2, 0.25) is 0 Å². The smallest absolute Gasteiger partial charge is 0.347 e. The first-order valence-electron chi connectivity index (χ1n) is 7.43. The number of nitriles is 1. The molecule has 0 bridgehead atoms. The Labute approximate surface area is 146 Å². The lowest BCUT2D eigenvalue weighted by Crippen LogP contribution is -2.15. The summed E-state index contributed by atoms with van der Waals surface area (Å²) in [5.74, 6) is 1.00. The van der Waals surface area contributed by atoms with Gasteiger partial charge in [-0.3, -0.25) is 0 Å². The summed E-state index contributed by atoms with van der Waals surface area (Å²) in [6.45, 7) is 2.17. The number of thiazole rings is 1. The molecule has 0 amide bonds. The van der Waals surface area contributed by atoms with Crippen molar-refractivity contribution in [2.24, 2.45) is 0 Å². The molecular weight excluding hydrogens is 342 g/mol. The number of hydrogen-bond acceptors (Lipinski definition) is 5. The molecule has 0 fully saturated rings. The van der Waals surface area contributed by atoms with E-state index in [1.807, 2.05) is 23.9 Å². The highest BCUT2D eigenvalue weighted by molar-refractivity contribution is 7.98. The molecule has 1 aliphatic heterocycles.